The van der Waals surface area contributed by atoms with Crippen LogP contribution in [0.5, 0.6) is 0 Å². The molecule has 0 aliphatic rings. The molecule has 0 aliphatic heterocycles. The first kappa shape index (κ1) is 55.6. The summed E-state index contributed by atoms with van der Waals surface area (Å²) in [6.45, 7) is 10.3. The summed E-state index contributed by atoms with van der Waals surface area (Å²) in [7, 11) is 11.0. The first-order valence-electron chi connectivity index (χ1n) is 23.1. The summed E-state index contributed by atoms with van der Waals surface area (Å²) in [5, 5.41) is 17.2. The van der Waals surface area contributed by atoms with Gasteiger partial charge in [-0.2, -0.15) is 0 Å². The number of carbonyl (C=O) groups excluding carboxylic acids is 8. The highest BCUT2D eigenvalue weighted by Gasteiger charge is 2.26. The van der Waals surface area contributed by atoms with Crippen molar-refractivity contribution in [2.45, 2.75) is 65.2 Å². The summed E-state index contributed by atoms with van der Waals surface area (Å²) < 4.78 is 2.98. The van der Waals surface area contributed by atoms with Crippen LogP contribution in [-0.4, -0.2) is 131 Å². The standard InChI is InChI=1S/C48H64N14O8S2/c1-25(2)39-37(45(69)51-13-11-15-59(5)6)55-47(71-39)57-43(67)33-20-29(23-61(33)9)53-35(63)18-27-17-28(32(42(50)66)22-31(27)41(49)65)19-36(64)54-30-21-34(62(10)24-30)44(68)58-48-56-38(40(72-48)26(3)4)46(70)52-14-12-16-60(7)8/h17,20-26H,11-16,18-19H2,1-10H3,(H2,49,65)(H2,50,66)(H,51,69)(H,52,70)(H,53,63)(H,54,64)(H,55,57,67)(H,56,58,68). The van der Waals surface area contributed by atoms with Crippen LogP contribution in [-0.2, 0) is 36.5 Å². The maximum atomic E-state index is 13.5. The maximum absolute atomic E-state index is 13.5. The fraction of sp³-hybridized carbons (Fsp3) is 0.417. The van der Waals surface area contributed by atoms with Crippen molar-refractivity contribution in [3.63, 3.8) is 0 Å². The van der Waals surface area contributed by atoms with Gasteiger partial charge < -0.3 is 51.7 Å². The van der Waals surface area contributed by atoms with Gasteiger partial charge >= 0.3 is 0 Å². The summed E-state index contributed by atoms with van der Waals surface area (Å²) in [5.41, 5.74) is 12.5. The third-order valence-electron chi connectivity index (χ3n) is 11.0. The van der Waals surface area contributed by atoms with Crippen molar-refractivity contribution >= 4 is 91.6 Å². The average Bonchev–Trinajstić information content (AvgIpc) is 4.08. The summed E-state index contributed by atoms with van der Waals surface area (Å²) in [4.78, 5) is 120. The molecule has 22 nitrogen and oxygen atoms in total. The van der Waals surface area contributed by atoms with Crippen molar-refractivity contribution in [2.24, 2.45) is 25.6 Å². The monoisotopic (exact) mass is 1030 g/mol. The van der Waals surface area contributed by atoms with E-state index in [0.29, 0.717) is 22.8 Å². The molecule has 10 N–H and O–H groups in total. The second-order valence-corrected chi connectivity index (χ2v) is 20.4. The SMILES string of the molecule is CC(C)c1sc(NC(=O)c2cc(NC(=O)Cc3cc(CC(=O)Nc4cc(C(=O)Nc5nc(C(=O)NCCCN(C)C)c(C(C)C)s5)n(C)c4)c(C(N)=O)cc3C(N)=O)cn2C)nc1C(=O)NCCCN(C)C. The predicted octanol–water partition coefficient (Wildman–Crippen LogP) is 3.95. The number of aryl methyl sites for hydroxylation is 2. The van der Waals surface area contributed by atoms with E-state index in [9.17, 15) is 38.4 Å². The zero-order valence-corrected chi connectivity index (χ0v) is 43.8. The summed E-state index contributed by atoms with van der Waals surface area (Å²) in [6.07, 6.45) is 3.66. The van der Waals surface area contributed by atoms with Crippen molar-refractivity contribution < 1.29 is 38.4 Å². The molecule has 0 aliphatic carbocycles. The number of benzene rings is 1. The summed E-state index contributed by atoms with van der Waals surface area (Å²) in [6, 6.07) is 5.35. The van der Waals surface area contributed by atoms with Crippen molar-refractivity contribution in [1.29, 1.82) is 0 Å². The topological polar surface area (TPSA) is 303 Å². The van der Waals surface area contributed by atoms with Crippen LogP contribution < -0.4 is 43.4 Å². The average molecular weight is 1030 g/mol. The second-order valence-electron chi connectivity index (χ2n) is 18.3. The molecule has 4 heterocycles. The Hall–Kier alpha value is -7.28. The van der Waals surface area contributed by atoms with Crippen LogP contribution in [0.2, 0.25) is 0 Å². The van der Waals surface area contributed by atoms with Crippen molar-refractivity contribution in [3.05, 3.63) is 91.4 Å². The molecule has 5 rings (SSSR count). The largest absolute Gasteiger partial charge is 0.366 e. The van der Waals surface area contributed by atoms with Crippen LogP contribution in [0, 0.1) is 0 Å². The minimum atomic E-state index is -0.953. The van der Waals surface area contributed by atoms with Crippen LogP contribution in [0.25, 0.3) is 0 Å². The van der Waals surface area contributed by atoms with Crippen LogP contribution in [0.1, 0.15) is 136 Å². The van der Waals surface area contributed by atoms with Gasteiger partial charge in [-0.3, -0.25) is 49.0 Å². The number of thiazole rings is 2. The minimum Gasteiger partial charge on any atom is -0.366 e. The first-order chi connectivity index (χ1) is 33.9. The molecule has 24 heteroatoms. The molecule has 0 saturated heterocycles. The number of nitrogens with zero attached hydrogens (tertiary/aromatic N) is 6. The normalized spacial score (nSPS) is 11.3. The van der Waals surface area contributed by atoms with E-state index in [4.69, 9.17) is 11.5 Å². The number of nitrogens with two attached hydrogens (primary N) is 2. The Morgan fingerprint density at radius 3 is 1.28 bits per heavy atom. The van der Waals surface area contributed by atoms with Crippen LogP contribution in [0.3, 0.4) is 0 Å². The quantitative estimate of drug-likeness (QED) is 0.0408. The number of nitrogens with one attached hydrogen (secondary N) is 6. The maximum Gasteiger partial charge on any atom is 0.274 e. The van der Waals surface area contributed by atoms with Gasteiger partial charge in [0.15, 0.2) is 10.3 Å². The van der Waals surface area contributed by atoms with Gasteiger partial charge in [0.1, 0.15) is 22.8 Å². The highest BCUT2D eigenvalue weighted by molar-refractivity contribution is 7.16. The molecular weight excluding hydrogens is 965 g/mol. The highest BCUT2D eigenvalue weighted by atomic mass is 32.1. The van der Waals surface area contributed by atoms with E-state index in [1.54, 1.807) is 14.1 Å². The zero-order valence-electron chi connectivity index (χ0n) is 42.2. The zero-order chi connectivity index (χ0) is 53.1. The number of amides is 8. The third kappa shape index (κ3) is 14.9. The van der Waals surface area contributed by atoms with Gasteiger partial charge in [-0.05, 0) is 95.3 Å². The summed E-state index contributed by atoms with van der Waals surface area (Å²) in [5.74, 6) is -4.98. The molecule has 0 saturated carbocycles. The number of rotatable bonds is 24. The molecule has 8 amide bonds. The van der Waals surface area contributed by atoms with E-state index in [1.165, 1.54) is 62.4 Å². The van der Waals surface area contributed by atoms with E-state index >= 15 is 0 Å². The van der Waals surface area contributed by atoms with Crippen molar-refractivity contribution in [1.82, 2.24) is 39.5 Å². The highest BCUT2D eigenvalue weighted by Crippen LogP contribution is 2.32. The molecule has 1 aromatic carbocycles. The number of anilines is 4. The minimum absolute atomic E-state index is 0.0385. The lowest BCUT2D eigenvalue weighted by atomic mass is 9.93. The molecule has 5 aromatic rings. The van der Waals surface area contributed by atoms with E-state index < -0.39 is 48.3 Å². The Labute approximate surface area is 425 Å². The fourth-order valence-electron chi connectivity index (χ4n) is 7.48. The van der Waals surface area contributed by atoms with E-state index in [2.05, 4.69) is 41.9 Å². The van der Waals surface area contributed by atoms with Crippen molar-refractivity contribution in [3.8, 4) is 0 Å². The molecule has 0 bridgehead atoms. The molecule has 4 aromatic heterocycles. The molecule has 386 valence electrons. The molecule has 0 fully saturated rings. The van der Waals surface area contributed by atoms with Gasteiger partial charge in [-0.1, -0.05) is 33.8 Å². The van der Waals surface area contributed by atoms with Gasteiger partial charge in [-0.15, -0.1) is 22.7 Å². The number of primary amides is 2. The lowest BCUT2D eigenvalue weighted by Crippen LogP contribution is -2.28. The van der Waals surface area contributed by atoms with Gasteiger partial charge in [0.2, 0.25) is 23.6 Å². The second kappa shape index (κ2) is 24.7. The Morgan fingerprint density at radius 1 is 0.569 bits per heavy atom. The Morgan fingerprint density at radius 2 is 0.944 bits per heavy atom. The smallest absolute Gasteiger partial charge is 0.274 e. The predicted molar refractivity (Wildman–Crippen MR) is 278 cm³/mol. The van der Waals surface area contributed by atoms with Gasteiger partial charge in [-0.25, -0.2) is 9.97 Å². The Balaban J connectivity index is 1.25. The lowest BCUT2D eigenvalue weighted by molar-refractivity contribution is -0.116. The van der Waals surface area contributed by atoms with Crippen molar-refractivity contribution in [2.75, 3.05) is 75.6 Å². The number of aromatic nitrogens is 4. The Kier molecular flexibility index (Phi) is 19.1. The third-order valence-corrected chi connectivity index (χ3v) is 13.5. The van der Waals surface area contributed by atoms with E-state index in [0.717, 1.165) is 32.0 Å². The number of carbonyl (C=O) groups is 8. The van der Waals surface area contributed by atoms with Crippen LogP contribution in [0.4, 0.5) is 21.6 Å². The fourth-order valence-corrected chi connectivity index (χ4v) is 9.40. The number of hydrogen-bond donors (Lipinski definition) is 8. The van der Waals surface area contributed by atoms with Gasteiger partial charge in [0.25, 0.3) is 23.6 Å². The molecule has 0 radical (unpaired) electrons. The number of hydrogen-bond acceptors (Lipinski definition) is 14. The molecule has 0 spiro atoms. The molecule has 0 atom stereocenters. The molecular formula is C48H64N14O8S2. The van der Waals surface area contributed by atoms with Crippen LogP contribution in [0.15, 0.2) is 36.7 Å². The van der Waals surface area contributed by atoms with E-state index in [1.807, 2.05) is 65.7 Å². The van der Waals surface area contributed by atoms with Gasteiger partial charge in [0.05, 0.1) is 24.2 Å². The van der Waals surface area contributed by atoms with Crippen LogP contribution >= 0.6 is 22.7 Å². The Bertz CT molecular complexity index is 2670. The first-order valence-corrected chi connectivity index (χ1v) is 24.7. The summed E-state index contributed by atoms with van der Waals surface area (Å²) >= 11 is 2.39. The molecule has 0 unspecified atom stereocenters. The van der Waals surface area contributed by atoms with E-state index in [-0.39, 0.29) is 90.3 Å². The lowest BCUT2D eigenvalue weighted by Gasteiger charge is -2.14. The van der Waals surface area contributed by atoms with Gasteiger partial charge in [0, 0.05) is 60.5 Å². The molecule has 72 heavy (non-hydrogen) atoms.